The number of amides is 3. The molecule has 31 heavy (non-hydrogen) atoms. The standard InChI is InChI=1S/C22H22Cl2N2O5/c1-30-21(31-2)13-25(19(27)11-14-3-5-15(23)6-4-14)18-12-20(28)26(22(18)29)17-9-7-16(24)8-10-17/h3-10,18,21H,11-13H2,1-2H3. The summed E-state index contributed by atoms with van der Waals surface area (Å²) in [6, 6.07) is 12.3. The first kappa shape index (κ1) is 23.2. The Morgan fingerprint density at radius 3 is 2.13 bits per heavy atom. The molecular weight excluding hydrogens is 443 g/mol. The quantitative estimate of drug-likeness (QED) is 0.442. The van der Waals surface area contributed by atoms with Crippen molar-refractivity contribution >= 4 is 46.6 Å². The number of methoxy groups -OCH3 is 2. The molecule has 2 aromatic carbocycles. The lowest BCUT2D eigenvalue weighted by molar-refractivity contribution is -0.152. The highest BCUT2D eigenvalue weighted by atomic mass is 35.5. The third-order valence-corrected chi connectivity index (χ3v) is 5.55. The van der Waals surface area contributed by atoms with Crippen LogP contribution in [0.25, 0.3) is 0 Å². The Morgan fingerprint density at radius 2 is 1.58 bits per heavy atom. The molecule has 1 aliphatic rings. The molecule has 0 radical (unpaired) electrons. The van der Waals surface area contributed by atoms with Crippen LogP contribution in [0.2, 0.25) is 10.0 Å². The molecule has 0 aromatic heterocycles. The molecule has 164 valence electrons. The van der Waals surface area contributed by atoms with Crippen LogP contribution in [0.4, 0.5) is 5.69 Å². The van der Waals surface area contributed by atoms with Gasteiger partial charge in [0.1, 0.15) is 6.04 Å². The van der Waals surface area contributed by atoms with Crippen molar-refractivity contribution in [3.8, 4) is 0 Å². The van der Waals surface area contributed by atoms with Crippen molar-refractivity contribution in [1.29, 1.82) is 0 Å². The molecule has 1 unspecified atom stereocenters. The summed E-state index contributed by atoms with van der Waals surface area (Å²) in [5.41, 5.74) is 1.14. The zero-order valence-electron chi connectivity index (χ0n) is 17.1. The summed E-state index contributed by atoms with van der Waals surface area (Å²) >= 11 is 11.8. The average molecular weight is 465 g/mol. The maximum absolute atomic E-state index is 13.2. The number of ether oxygens (including phenoxy) is 2. The van der Waals surface area contributed by atoms with Crippen LogP contribution in [0.5, 0.6) is 0 Å². The fourth-order valence-electron chi connectivity index (χ4n) is 3.41. The van der Waals surface area contributed by atoms with E-state index in [1.54, 1.807) is 48.5 Å². The summed E-state index contributed by atoms with van der Waals surface area (Å²) in [6.45, 7) is -0.00241. The maximum Gasteiger partial charge on any atom is 0.257 e. The summed E-state index contributed by atoms with van der Waals surface area (Å²) in [5, 5.41) is 1.05. The van der Waals surface area contributed by atoms with Crippen LogP contribution in [-0.2, 0) is 30.3 Å². The third-order valence-electron chi connectivity index (χ3n) is 5.04. The van der Waals surface area contributed by atoms with Crippen LogP contribution in [0, 0.1) is 0 Å². The zero-order valence-corrected chi connectivity index (χ0v) is 18.6. The second-order valence-corrected chi connectivity index (χ2v) is 7.89. The van der Waals surface area contributed by atoms with Crippen LogP contribution in [0.15, 0.2) is 48.5 Å². The molecule has 1 atom stereocenters. The van der Waals surface area contributed by atoms with Crippen molar-refractivity contribution in [1.82, 2.24) is 4.90 Å². The number of hydrogen-bond acceptors (Lipinski definition) is 5. The van der Waals surface area contributed by atoms with Crippen LogP contribution in [-0.4, -0.2) is 55.7 Å². The first-order chi connectivity index (χ1) is 14.8. The van der Waals surface area contributed by atoms with Gasteiger partial charge in [-0.15, -0.1) is 0 Å². The first-order valence-electron chi connectivity index (χ1n) is 9.56. The summed E-state index contributed by atoms with van der Waals surface area (Å²) < 4.78 is 10.5. The summed E-state index contributed by atoms with van der Waals surface area (Å²) in [4.78, 5) is 41.5. The molecule has 1 fully saturated rings. The van der Waals surface area contributed by atoms with Gasteiger partial charge >= 0.3 is 0 Å². The van der Waals surface area contributed by atoms with Gasteiger partial charge in [-0.2, -0.15) is 0 Å². The van der Waals surface area contributed by atoms with Gasteiger partial charge in [0.15, 0.2) is 6.29 Å². The normalized spacial score (nSPS) is 16.3. The third kappa shape index (κ3) is 5.43. The topological polar surface area (TPSA) is 76.2 Å². The Hall–Kier alpha value is -2.45. The maximum atomic E-state index is 13.2. The van der Waals surface area contributed by atoms with Crippen molar-refractivity contribution in [2.24, 2.45) is 0 Å². The highest BCUT2D eigenvalue weighted by molar-refractivity contribution is 6.31. The van der Waals surface area contributed by atoms with Crippen LogP contribution < -0.4 is 4.90 Å². The average Bonchev–Trinajstić information content (AvgIpc) is 3.05. The van der Waals surface area contributed by atoms with E-state index in [1.807, 2.05) is 0 Å². The lowest BCUT2D eigenvalue weighted by Crippen LogP contribution is -2.49. The van der Waals surface area contributed by atoms with Gasteiger partial charge in [0.25, 0.3) is 5.91 Å². The van der Waals surface area contributed by atoms with Gasteiger partial charge < -0.3 is 14.4 Å². The van der Waals surface area contributed by atoms with Crippen molar-refractivity contribution in [3.63, 3.8) is 0 Å². The lowest BCUT2D eigenvalue weighted by Gasteiger charge is -2.30. The smallest absolute Gasteiger partial charge is 0.257 e. The van der Waals surface area contributed by atoms with E-state index in [0.29, 0.717) is 15.7 Å². The fraction of sp³-hybridized carbons (Fsp3) is 0.318. The molecule has 1 saturated heterocycles. The molecule has 1 heterocycles. The molecule has 0 bridgehead atoms. The number of carbonyl (C=O) groups excluding carboxylic acids is 3. The summed E-state index contributed by atoms with van der Waals surface area (Å²) in [5.74, 6) is -1.21. The number of imide groups is 1. The molecular formula is C22H22Cl2N2O5. The molecule has 0 aliphatic carbocycles. The van der Waals surface area contributed by atoms with Gasteiger partial charge in [0.2, 0.25) is 11.8 Å². The van der Waals surface area contributed by atoms with Crippen LogP contribution in [0.1, 0.15) is 12.0 Å². The van der Waals surface area contributed by atoms with Gasteiger partial charge in [-0.05, 0) is 42.0 Å². The van der Waals surface area contributed by atoms with E-state index in [9.17, 15) is 14.4 Å². The van der Waals surface area contributed by atoms with Crippen molar-refractivity contribution in [2.75, 3.05) is 25.7 Å². The Balaban J connectivity index is 1.86. The van der Waals surface area contributed by atoms with Gasteiger partial charge in [0, 0.05) is 24.3 Å². The number of rotatable bonds is 8. The van der Waals surface area contributed by atoms with E-state index in [1.165, 1.54) is 19.1 Å². The van der Waals surface area contributed by atoms with E-state index in [2.05, 4.69) is 0 Å². The Labute approximate surface area is 190 Å². The minimum Gasteiger partial charge on any atom is -0.354 e. The number of halogens is 2. The van der Waals surface area contributed by atoms with Gasteiger partial charge in [-0.25, -0.2) is 4.90 Å². The Kier molecular flexibility index (Phi) is 7.67. The van der Waals surface area contributed by atoms with Crippen molar-refractivity contribution in [2.45, 2.75) is 25.2 Å². The van der Waals surface area contributed by atoms with E-state index < -0.39 is 24.1 Å². The van der Waals surface area contributed by atoms with Gasteiger partial charge in [-0.1, -0.05) is 35.3 Å². The SMILES string of the molecule is COC(CN(C(=O)Cc1ccc(Cl)cc1)C1CC(=O)N(c2ccc(Cl)cc2)C1=O)OC. The molecule has 3 amide bonds. The highest BCUT2D eigenvalue weighted by Crippen LogP contribution is 2.27. The van der Waals surface area contributed by atoms with Crippen LogP contribution in [0.3, 0.4) is 0 Å². The van der Waals surface area contributed by atoms with Gasteiger partial charge in [0.05, 0.1) is 25.1 Å². The minimum atomic E-state index is -0.962. The molecule has 0 spiro atoms. The molecule has 1 aliphatic heterocycles. The number of carbonyl (C=O) groups is 3. The van der Waals surface area contributed by atoms with Crippen molar-refractivity contribution < 1.29 is 23.9 Å². The largest absolute Gasteiger partial charge is 0.354 e. The molecule has 0 saturated carbocycles. The monoisotopic (exact) mass is 464 g/mol. The second-order valence-electron chi connectivity index (χ2n) is 7.01. The number of benzene rings is 2. The summed E-state index contributed by atoms with van der Waals surface area (Å²) in [6.07, 6.45) is -0.842. The van der Waals surface area contributed by atoms with E-state index in [-0.39, 0.29) is 25.3 Å². The number of hydrogen-bond donors (Lipinski definition) is 0. The second kappa shape index (κ2) is 10.2. The van der Waals surface area contributed by atoms with E-state index >= 15 is 0 Å². The van der Waals surface area contributed by atoms with E-state index in [0.717, 1.165) is 10.5 Å². The molecule has 9 heteroatoms. The predicted molar refractivity (Wildman–Crippen MR) is 117 cm³/mol. The lowest BCUT2D eigenvalue weighted by atomic mass is 10.1. The Bertz CT molecular complexity index is 945. The zero-order chi connectivity index (χ0) is 22.5. The molecule has 3 rings (SSSR count). The number of nitrogens with zero attached hydrogens (tertiary/aromatic N) is 2. The first-order valence-corrected chi connectivity index (χ1v) is 10.3. The van der Waals surface area contributed by atoms with Gasteiger partial charge in [-0.3, -0.25) is 14.4 Å². The predicted octanol–water partition coefficient (Wildman–Crippen LogP) is 3.32. The van der Waals surface area contributed by atoms with Crippen molar-refractivity contribution in [3.05, 3.63) is 64.1 Å². The molecule has 7 nitrogen and oxygen atoms in total. The molecule has 0 N–H and O–H groups in total. The van der Waals surface area contributed by atoms with Crippen LogP contribution >= 0.6 is 23.2 Å². The fourth-order valence-corrected chi connectivity index (χ4v) is 3.66. The number of anilines is 1. The highest BCUT2D eigenvalue weighted by Gasteiger charge is 2.44. The van der Waals surface area contributed by atoms with E-state index in [4.69, 9.17) is 32.7 Å². The minimum absolute atomic E-state index is 0.00241. The Morgan fingerprint density at radius 1 is 1.03 bits per heavy atom. The summed E-state index contributed by atoms with van der Waals surface area (Å²) in [7, 11) is 2.88. The molecule has 2 aromatic rings.